The van der Waals surface area contributed by atoms with Gasteiger partial charge in [-0.25, -0.2) is 10.1 Å². The molecule has 27 heavy (non-hydrogen) atoms. The molecule has 1 aliphatic carbocycles. The lowest BCUT2D eigenvalue weighted by atomic mass is 9.65. The molecule has 0 aromatic heterocycles. The highest BCUT2D eigenvalue weighted by Gasteiger charge is 2.43. The van der Waals surface area contributed by atoms with E-state index in [9.17, 15) is 0 Å². The van der Waals surface area contributed by atoms with Crippen LogP contribution in [0.2, 0.25) is 0 Å². The Kier molecular flexibility index (Phi) is 5.19. The van der Waals surface area contributed by atoms with Gasteiger partial charge >= 0.3 is 0 Å². The van der Waals surface area contributed by atoms with Gasteiger partial charge in [-0.1, -0.05) is 6.08 Å². The van der Waals surface area contributed by atoms with E-state index in [4.69, 9.17) is 16.6 Å². The van der Waals surface area contributed by atoms with Crippen molar-refractivity contribution in [2.45, 2.75) is 51.5 Å². The Hall–Kier alpha value is -2.30. The number of piperidine rings is 2. The highest BCUT2D eigenvalue weighted by molar-refractivity contribution is 5.49. The minimum atomic E-state index is 0.119. The third-order valence-corrected chi connectivity index (χ3v) is 6.60. The van der Waals surface area contributed by atoms with Crippen LogP contribution in [0.25, 0.3) is 4.85 Å². The summed E-state index contributed by atoms with van der Waals surface area (Å²) >= 11 is 0. The third kappa shape index (κ3) is 3.73. The Morgan fingerprint density at radius 1 is 1.26 bits per heavy atom. The predicted molar refractivity (Wildman–Crippen MR) is 105 cm³/mol. The van der Waals surface area contributed by atoms with E-state index in [1.165, 1.54) is 51.6 Å². The van der Waals surface area contributed by atoms with Gasteiger partial charge in [-0.15, -0.1) is 0 Å². The molecule has 4 nitrogen and oxygen atoms in total. The molecule has 0 aromatic rings. The van der Waals surface area contributed by atoms with Crippen LogP contribution in [-0.2, 0) is 4.74 Å². The fourth-order valence-electron chi connectivity index (χ4n) is 5.65. The predicted octanol–water partition coefficient (Wildman–Crippen LogP) is 4.96. The van der Waals surface area contributed by atoms with Gasteiger partial charge in [0, 0.05) is 6.04 Å². The van der Waals surface area contributed by atoms with Crippen molar-refractivity contribution in [1.82, 2.24) is 4.90 Å². The van der Waals surface area contributed by atoms with Gasteiger partial charge in [-0.2, -0.15) is 0 Å². The van der Waals surface area contributed by atoms with E-state index >= 15 is 0 Å². The summed E-state index contributed by atoms with van der Waals surface area (Å²) in [4.78, 5) is 6.10. The average molecular weight is 361 g/mol. The van der Waals surface area contributed by atoms with Gasteiger partial charge in [0.1, 0.15) is 11.5 Å². The third-order valence-electron chi connectivity index (χ3n) is 6.60. The van der Waals surface area contributed by atoms with Crippen molar-refractivity contribution in [3.8, 4) is 6.07 Å². The molecule has 2 unspecified atom stereocenters. The molecular weight excluding hydrogens is 334 g/mol. The van der Waals surface area contributed by atoms with Gasteiger partial charge in [0.25, 0.3) is 5.70 Å². The summed E-state index contributed by atoms with van der Waals surface area (Å²) in [5.74, 6) is 3.75. The zero-order valence-corrected chi connectivity index (χ0v) is 16.0. The van der Waals surface area contributed by atoms with Gasteiger partial charge in [-0.05, 0) is 100 Å². The van der Waals surface area contributed by atoms with Crippen molar-refractivity contribution in [2.24, 2.45) is 17.8 Å². The first kappa shape index (κ1) is 18.1. The van der Waals surface area contributed by atoms with Gasteiger partial charge in [-0.3, -0.25) is 4.90 Å². The lowest BCUT2D eigenvalue weighted by molar-refractivity contribution is -0.0222. The number of hydrogen-bond donors (Lipinski definition) is 0. The SMILES string of the molecule is [C-]#[N+]/C(C#N)=C1\C=C(C)OC(/C=C/C2CC3CCCN4CCCC(C2)C34)=C1. The van der Waals surface area contributed by atoms with Gasteiger partial charge in [0.05, 0.1) is 12.6 Å². The summed E-state index contributed by atoms with van der Waals surface area (Å²) in [5.41, 5.74) is 0.767. The van der Waals surface area contributed by atoms with Gasteiger partial charge in [0.15, 0.2) is 0 Å². The van der Waals surface area contributed by atoms with Gasteiger partial charge in [0.2, 0.25) is 0 Å². The lowest BCUT2D eigenvalue weighted by Gasteiger charge is -2.53. The minimum Gasteiger partial charge on any atom is -0.462 e. The van der Waals surface area contributed by atoms with Crippen molar-refractivity contribution in [3.63, 3.8) is 0 Å². The van der Waals surface area contributed by atoms with Crippen molar-refractivity contribution < 1.29 is 4.74 Å². The monoisotopic (exact) mass is 361 g/mol. The smallest absolute Gasteiger partial charge is 0.269 e. The van der Waals surface area contributed by atoms with E-state index in [0.717, 1.165) is 29.4 Å². The quantitative estimate of drug-likeness (QED) is 0.516. The molecular formula is C23H27N3O. The maximum absolute atomic E-state index is 9.13. The number of allylic oxidation sites excluding steroid dienone is 7. The molecule has 0 bridgehead atoms. The molecule has 0 amide bonds. The van der Waals surface area contributed by atoms with Crippen molar-refractivity contribution in [2.75, 3.05) is 13.1 Å². The molecule has 3 fully saturated rings. The van der Waals surface area contributed by atoms with Crippen molar-refractivity contribution in [3.05, 3.63) is 58.5 Å². The molecule has 2 atom stereocenters. The summed E-state index contributed by atoms with van der Waals surface area (Å²) < 4.78 is 5.82. The molecule has 0 spiro atoms. The maximum atomic E-state index is 9.13. The van der Waals surface area contributed by atoms with E-state index in [1.54, 1.807) is 6.08 Å². The van der Waals surface area contributed by atoms with E-state index in [0.29, 0.717) is 11.5 Å². The van der Waals surface area contributed by atoms with E-state index in [-0.39, 0.29) is 5.70 Å². The van der Waals surface area contributed by atoms with E-state index < -0.39 is 0 Å². The average Bonchev–Trinajstić information content (AvgIpc) is 2.67. The first-order valence-corrected chi connectivity index (χ1v) is 10.2. The van der Waals surface area contributed by atoms with Crippen LogP contribution in [-0.4, -0.2) is 24.0 Å². The van der Waals surface area contributed by atoms with Gasteiger partial charge < -0.3 is 4.74 Å². The van der Waals surface area contributed by atoms with Crippen LogP contribution in [0.15, 0.2) is 47.1 Å². The van der Waals surface area contributed by atoms with Crippen LogP contribution in [0, 0.1) is 35.7 Å². The van der Waals surface area contributed by atoms with Crippen LogP contribution < -0.4 is 0 Å². The van der Waals surface area contributed by atoms with Crippen LogP contribution in [0.1, 0.15) is 45.4 Å². The summed E-state index contributed by atoms with van der Waals surface area (Å²) in [7, 11) is 0. The Balaban J connectivity index is 1.49. The largest absolute Gasteiger partial charge is 0.462 e. The van der Waals surface area contributed by atoms with Crippen LogP contribution in [0.4, 0.5) is 0 Å². The normalized spacial score (nSPS) is 35.2. The Labute approximate surface area is 162 Å². The second kappa shape index (κ2) is 7.75. The molecule has 4 aliphatic rings. The number of ether oxygens (including phenoxy) is 1. The lowest BCUT2D eigenvalue weighted by Crippen LogP contribution is -2.55. The molecule has 140 valence electrons. The Morgan fingerprint density at radius 3 is 2.59 bits per heavy atom. The van der Waals surface area contributed by atoms with Crippen molar-refractivity contribution >= 4 is 0 Å². The van der Waals surface area contributed by atoms with Crippen LogP contribution in [0.3, 0.4) is 0 Å². The second-order valence-corrected chi connectivity index (χ2v) is 8.35. The highest BCUT2D eigenvalue weighted by atomic mass is 16.5. The zero-order valence-electron chi connectivity index (χ0n) is 16.0. The van der Waals surface area contributed by atoms with Crippen molar-refractivity contribution in [1.29, 1.82) is 5.26 Å². The first-order chi connectivity index (χ1) is 13.2. The molecule has 3 aliphatic heterocycles. The molecule has 0 N–H and O–H groups in total. The number of hydrogen-bond acceptors (Lipinski definition) is 3. The molecule has 4 heteroatoms. The number of nitriles is 1. The van der Waals surface area contributed by atoms with Crippen LogP contribution in [0.5, 0.6) is 0 Å². The second-order valence-electron chi connectivity index (χ2n) is 8.35. The zero-order chi connectivity index (χ0) is 18.8. The van der Waals surface area contributed by atoms with E-state index in [2.05, 4.69) is 21.9 Å². The molecule has 0 aromatic carbocycles. The van der Waals surface area contributed by atoms with E-state index in [1.807, 2.05) is 19.1 Å². The fraction of sp³-hybridized carbons (Fsp3) is 0.565. The van der Waals surface area contributed by atoms with Crippen LogP contribution >= 0.6 is 0 Å². The summed E-state index contributed by atoms with van der Waals surface area (Å²) in [6, 6.07) is 2.81. The first-order valence-electron chi connectivity index (χ1n) is 10.2. The fourth-order valence-corrected chi connectivity index (χ4v) is 5.65. The summed E-state index contributed by atoms with van der Waals surface area (Å²) in [6.07, 6.45) is 16.0. The molecule has 1 saturated carbocycles. The maximum Gasteiger partial charge on any atom is 0.269 e. The highest BCUT2D eigenvalue weighted by Crippen LogP contribution is 2.45. The molecule has 3 heterocycles. The summed E-state index contributed by atoms with van der Waals surface area (Å²) in [6.45, 7) is 11.6. The standard InChI is InChI=1S/C23H27N3O/c1-16-11-20(22(15-24)25-2)14-21(27-16)8-7-17-12-18-5-3-9-26-10-4-6-19(13-17)23(18)26/h7-8,11,14,17-19,23H,3-6,9-10,12-13H2,1H3/b8-7+,22-20+. The topological polar surface area (TPSA) is 40.6 Å². The molecule has 4 rings (SSSR count). The summed E-state index contributed by atoms with van der Waals surface area (Å²) in [5, 5.41) is 9.13. The number of nitrogens with zero attached hydrogens (tertiary/aromatic N) is 3. The Bertz CT molecular complexity index is 768. The minimum absolute atomic E-state index is 0.119. The molecule has 2 saturated heterocycles. The Morgan fingerprint density at radius 2 is 1.96 bits per heavy atom. The molecule has 0 radical (unpaired) electrons. The number of rotatable bonds is 2.